The molecule has 2 N–H and O–H groups in total. The molecule has 0 saturated carbocycles. The van der Waals surface area contributed by atoms with Crippen molar-refractivity contribution in [1.82, 2.24) is 10.3 Å². The van der Waals surface area contributed by atoms with E-state index < -0.39 is 0 Å². The largest absolute Gasteiger partial charge is 0.361 e. The molecule has 3 nitrogen and oxygen atoms in total. The predicted molar refractivity (Wildman–Crippen MR) is 94.4 cm³/mol. The van der Waals surface area contributed by atoms with Gasteiger partial charge >= 0.3 is 0 Å². The molecule has 25 heavy (non-hydrogen) atoms. The lowest BCUT2D eigenvalue weighted by molar-refractivity contribution is -0.120. The predicted octanol–water partition coefficient (Wildman–Crippen LogP) is 4.08. The molecule has 0 aliphatic carbocycles. The summed E-state index contributed by atoms with van der Waals surface area (Å²) >= 11 is 0. The number of hydrogen-bond acceptors (Lipinski definition) is 1. The van der Waals surface area contributed by atoms with E-state index in [0.29, 0.717) is 12.1 Å². The summed E-state index contributed by atoms with van der Waals surface area (Å²) < 4.78 is 26.8. The molecule has 1 amide bonds. The summed E-state index contributed by atoms with van der Waals surface area (Å²) in [7, 11) is 0. The molecular formula is C20H20F2N2O. The van der Waals surface area contributed by atoms with Crippen molar-refractivity contribution in [2.24, 2.45) is 0 Å². The first kappa shape index (κ1) is 17.1. The van der Waals surface area contributed by atoms with Crippen LogP contribution in [0.25, 0.3) is 10.9 Å². The average molecular weight is 342 g/mol. The molecule has 0 aliphatic rings. The maximum absolute atomic E-state index is 13.6. The fraction of sp³-hybridized carbons (Fsp3) is 0.250. The molecule has 0 aliphatic heterocycles. The van der Waals surface area contributed by atoms with Crippen LogP contribution >= 0.6 is 0 Å². The third-order valence-electron chi connectivity index (χ3n) is 4.35. The van der Waals surface area contributed by atoms with Crippen molar-refractivity contribution in [3.05, 3.63) is 71.4 Å². The molecule has 3 aromatic rings. The summed E-state index contributed by atoms with van der Waals surface area (Å²) in [5.74, 6) is -0.824. The van der Waals surface area contributed by atoms with Crippen LogP contribution in [0.2, 0.25) is 0 Å². The second-order valence-corrected chi connectivity index (χ2v) is 6.86. The highest BCUT2D eigenvalue weighted by Crippen LogP contribution is 2.30. The second-order valence-electron chi connectivity index (χ2n) is 6.86. The lowest BCUT2D eigenvalue weighted by Crippen LogP contribution is -2.37. The molecule has 3 rings (SSSR count). The van der Waals surface area contributed by atoms with Crippen LogP contribution in [0.5, 0.6) is 0 Å². The van der Waals surface area contributed by atoms with E-state index in [4.69, 9.17) is 0 Å². The minimum Gasteiger partial charge on any atom is -0.361 e. The first-order valence-electron chi connectivity index (χ1n) is 8.13. The summed E-state index contributed by atoms with van der Waals surface area (Å²) in [6, 6.07) is 10.6. The number of halogens is 2. The number of carbonyl (C=O) groups excluding carboxylic acids is 1. The summed E-state index contributed by atoms with van der Waals surface area (Å²) in [5.41, 5.74) is 2.04. The Morgan fingerprint density at radius 2 is 1.88 bits per heavy atom. The number of H-pyrrole nitrogens is 1. The Morgan fingerprint density at radius 3 is 2.64 bits per heavy atom. The van der Waals surface area contributed by atoms with Crippen molar-refractivity contribution in [1.29, 1.82) is 0 Å². The monoisotopic (exact) mass is 342 g/mol. The zero-order chi connectivity index (χ0) is 18.0. The molecule has 0 bridgehead atoms. The highest BCUT2D eigenvalue weighted by atomic mass is 19.1. The first-order valence-corrected chi connectivity index (χ1v) is 8.13. The second kappa shape index (κ2) is 6.67. The van der Waals surface area contributed by atoms with Crippen LogP contribution in [-0.4, -0.2) is 17.4 Å². The van der Waals surface area contributed by atoms with Crippen LogP contribution < -0.4 is 5.32 Å². The third kappa shape index (κ3) is 3.87. The maximum Gasteiger partial charge on any atom is 0.224 e. The Balaban J connectivity index is 1.70. The molecule has 0 saturated heterocycles. The fourth-order valence-electron chi connectivity index (χ4n) is 2.96. The summed E-state index contributed by atoms with van der Waals surface area (Å²) in [6.45, 7) is 4.37. The molecular weight excluding hydrogens is 322 g/mol. The van der Waals surface area contributed by atoms with Crippen molar-refractivity contribution in [3.8, 4) is 0 Å². The Hall–Kier alpha value is -2.69. The molecule has 0 spiro atoms. The van der Waals surface area contributed by atoms with Gasteiger partial charge in [-0.05, 0) is 41.5 Å². The van der Waals surface area contributed by atoms with Gasteiger partial charge < -0.3 is 10.3 Å². The minimum atomic E-state index is -0.385. The van der Waals surface area contributed by atoms with E-state index in [1.165, 1.54) is 24.3 Å². The molecule has 0 fully saturated rings. The van der Waals surface area contributed by atoms with Gasteiger partial charge in [-0.3, -0.25) is 4.79 Å². The molecule has 2 aromatic carbocycles. The third-order valence-corrected chi connectivity index (χ3v) is 4.35. The molecule has 1 heterocycles. The smallest absolute Gasteiger partial charge is 0.224 e. The van der Waals surface area contributed by atoms with Crippen molar-refractivity contribution >= 4 is 16.8 Å². The van der Waals surface area contributed by atoms with Gasteiger partial charge in [-0.1, -0.05) is 26.0 Å². The average Bonchev–Trinajstić information content (AvgIpc) is 2.97. The zero-order valence-electron chi connectivity index (χ0n) is 14.2. The van der Waals surface area contributed by atoms with Gasteiger partial charge in [-0.25, -0.2) is 8.78 Å². The highest BCUT2D eigenvalue weighted by molar-refractivity contribution is 5.84. The van der Waals surface area contributed by atoms with Gasteiger partial charge in [0.1, 0.15) is 11.6 Å². The number of rotatable bonds is 5. The van der Waals surface area contributed by atoms with E-state index in [0.717, 1.165) is 16.5 Å². The standard InChI is InChI=1S/C20H20F2N2O/c1-20(2,17-11-23-18-7-6-15(22)10-16(17)18)12-24-19(25)9-13-4-3-5-14(21)8-13/h3-8,10-11,23H,9,12H2,1-2H3,(H,24,25). The number of amides is 1. The van der Waals surface area contributed by atoms with E-state index in [2.05, 4.69) is 10.3 Å². The lowest BCUT2D eigenvalue weighted by atomic mass is 9.84. The SMILES string of the molecule is CC(C)(CNC(=O)Cc1cccc(F)c1)c1c[nH]c2ccc(F)cc12. The Kier molecular flexibility index (Phi) is 4.57. The summed E-state index contributed by atoms with van der Waals surface area (Å²) in [5, 5.41) is 3.70. The van der Waals surface area contributed by atoms with Crippen molar-refractivity contribution in [2.45, 2.75) is 25.7 Å². The van der Waals surface area contributed by atoms with Crippen molar-refractivity contribution in [3.63, 3.8) is 0 Å². The number of hydrogen-bond donors (Lipinski definition) is 2. The molecule has 130 valence electrons. The lowest BCUT2D eigenvalue weighted by Gasteiger charge is -2.25. The topological polar surface area (TPSA) is 44.9 Å². The van der Waals surface area contributed by atoms with E-state index >= 15 is 0 Å². The van der Waals surface area contributed by atoms with E-state index in [1.54, 1.807) is 18.2 Å². The summed E-state index contributed by atoms with van der Waals surface area (Å²) in [6.07, 6.45) is 1.97. The molecule has 0 radical (unpaired) electrons. The quantitative estimate of drug-likeness (QED) is 0.721. The number of carbonyl (C=O) groups is 1. The summed E-state index contributed by atoms with van der Waals surface area (Å²) in [4.78, 5) is 15.3. The number of aromatic amines is 1. The van der Waals surface area contributed by atoms with Crippen molar-refractivity contribution < 1.29 is 13.6 Å². The minimum absolute atomic E-state index is 0.121. The van der Waals surface area contributed by atoms with Crippen LogP contribution in [-0.2, 0) is 16.6 Å². The Morgan fingerprint density at radius 1 is 1.12 bits per heavy atom. The first-order chi connectivity index (χ1) is 11.8. The molecule has 0 unspecified atom stereocenters. The molecule has 0 atom stereocenters. The number of aromatic nitrogens is 1. The van der Waals surface area contributed by atoms with Crippen LogP contribution in [0, 0.1) is 11.6 Å². The van der Waals surface area contributed by atoms with Crippen LogP contribution in [0.15, 0.2) is 48.7 Å². The highest BCUT2D eigenvalue weighted by Gasteiger charge is 2.25. The number of benzene rings is 2. The van der Waals surface area contributed by atoms with Crippen LogP contribution in [0.1, 0.15) is 25.0 Å². The normalized spacial score (nSPS) is 11.7. The van der Waals surface area contributed by atoms with Gasteiger partial charge in [0.25, 0.3) is 0 Å². The number of nitrogens with one attached hydrogen (secondary N) is 2. The zero-order valence-corrected chi connectivity index (χ0v) is 14.2. The molecule has 5 heteroatoms. The van der Waals surface area contributed by atoms with Crippen LogP contribution in [0.4, 0.5) is 8.78 Å². The molecule has 1 aromatic heterocycles. The van der Waals surface area contributed by atoms with Gasteiger partial charge in [-0.2, -0.15) is 0 Å². The fourth-order valence-corrected chi connectivity index (χ4v) is 2.96. The van der Waals surface area contributed by atoms with Gasteiger partial charge in [0.15, 0.2) is 0 Å². The van der Waals surface area contributed by atoms with E-state index in [9.17, 15) is 13.6 Å². The van der Waals surface area contributed by atoms with Gasteiger partial charge in [-0.15, -0.1) is 0 Å². The van der Waals surface area contributed by atoms with Gasteiger partial charge in [0.05, 0.1) is 6.42 Å². The van der Waals surface area contributed by atoms with Crippen molar-refractivity contribution in [2.75, 3.05) is 6.54 Å². The van der Waals surface area contributed by atoms with E-state index in [-0.39, 0.29) is 29.4 Å². The number of fused-ring (bicyclic) bond motifs is 1. The van der Waals surface area contributed by atoms with Gasteiger partial charge in [0, 0.05) is 29.1 Å². The van der Waals surface area contributed by atoms with Crippen LogP contribution in [0.3, 0.4) is 0 Å². The van der Waals surface area contributed by atoms with Gasteiger partial charge in [0.2, 0.25) is 5.91 Å². The van der Waals surface area contributed by atoms with E-state index in [1.807, 2.05) is 20.0 Å². The maximum atomic E-state index is 13.6. The Labute approximate surface area is 145 Å². The Bertz CT molecular complexity index is 915.